The lowest BCUT2D eigenvalue weighted by molar-refractivity contribution is -0.140. The Kier molecular flexibility index (Phi) is 12.0. The van der Waals surface area contributed by atoms with Gasteiger partial charge in [0.05, 0.1) is 11.6 Å². The molecule has 1 fully saturated rings. The third-order valence-corrected chi connectivity index (χ3v) is 17.4. The molecule has 1 unspecified atom stereocenters. The molecular formula is C49H64N4O7Si. The van der Waals surface area contributed by atoms with Gasteiger partial charge in [0.25, 0.3) is 5.88 Å². The van der Waals surface area contributed by atoms with E-state index in [1.54, 1.807) is 0 Å². The summed E-state index contributed by atoms with van der Waals surface area (Å²) in [4.78, 5) is 35.8. The Morgan fingerprint density at radius 2 is 1.49 bits per heavy atom. The summed E-state index contributed by atoms with van der Waals surface area (Å²) in [7, 11) is 4.97. The zero-order chi connectivity index (χ0) is 44.2. The summed E-state index contributed by atoms with van der Waals surface area (Å²) in [5.74, 6) is -1.47. The average molecular weight is 849 g/mol. The molecule has 2 N–H and O–H groups in total. The number of aromatic nitrogens is 1. The molecule has 0 amide bonds. The Labute approximate surface area is 362 Å². The van der Waals surface area contributed by atoms with E-state index in [1.807, 2.05) is 99.8 Å². The standard InChI is InChI=1S/C49H64N4O7Si/c1-47(2,3)29-50-26-33-25-36(57-27-30-19-15-13-16-20-30)38-34(40(33)52(7)8)23-32-24-35-41(53(9)10)43-39(46(51-59-43)58-28-31-21-17-14-18-22-31)45(56)49(35,44(55)37(32)42(38)54)60-61(11,12)48(4,5)6/h13-22,25,32,35,41,50,54H,23-24,26-29H2,1-12H3/t32-,35-,41-,49?/m0/s1. The first-order valence-corrected chi connectivity index (χ1v) is 24.4. The van der Waals surface area contributed by atoms with Crippen LogP contribution in [-0.4, -0.2) is 75.4 Å². The SMILES string of the molecule is CN(C)c1c(CNCC(C)(C)C)cc(OCc2ccccc2)c2c1C[C@H]1C[C@H]3[C@H](N(C)C)c4onc(OCc5ccccc5)c4C(=O)C3(O[Si](C)(C)C(C)(C)C)C(=O)C1=C2O. The first-order chi connectivity index (χ1) is 28.7. The van der Waals surface area contributed by atoms with Crippen molar-refractivity contribution in [2.24, 2.45) is 17.3 Å². The molecule has 3 aliphatic carbocycles. The average Bonchev–Trinajstić information content (AvgIpc) is 3.60. The van der Waals surface area contributed by atoms with Crippen LogP contribution in [0, 0.1) is 17.3 Å². The molecule has 0 bridgehead atoms. The minimum Gasteiger partial charge on any atom is -0.507 e. The van der Waals surface area contributed by atoms with Gasteiger partial charge in [0.15, 0.2) is 19.7 Å². The number of anilines is 1. The van der Waals surface area contributed by atoms with Crippen molar-refractivity contribution < 1.29 is 33.1 Å². The fourth-order valence-corrected chi connectivity index (χ4v) is 10.6. The summed E-state index contributed by atoms with van der Waals surface area (Å²) < 4.78 is 26.3. The van der Waals surface area contributed by atoms with Gasteiger partial charge in [-0.2, -0.15) is 0 Å². The molecular weight excluding hydrogens is 785 g/mol. The highest BCUT2D eigenvalue weighted by atomic mass is 28.4. The van der Waals surface area contributed by atoms with Crippen molar-refractivity contribution in [1.29, 1.82) is 0 Å². The fraction of sp³-hybridized carbons (Fsp3) is 0.490. The molecule has 3 aromatic carbocycles. The van der Waals surface area contributed by atoms with Crippen molar-refractivity contribution in [1.82, 2.24) is 15.4 Å². The molecule has 0 aliphatic heterocycles. The summed E-state index contributed by atoms with van der Waals surface area (Å²) in [6, 6.07) is 20.9. The number of aliphatic hydroxyl groups excluding tert-OH is 1. The molecule has 4 aromatic rings. The highest BCUT2D eigenvalue weighted by Crippen LogP contribution is 2.59. The number of carbonyl (C=O) groups is 2. The number of Topliss-reactive ketones (excluding diaryl/α,β-unsaturated/α-hetero) is 2. The predicted molar refractivity (Wildman–Crippen MR) is 242 cm³/mol. The summed E-state index contributed by atoms with van der Waals surface area (Å²) in [5, 5.41) is 20.5. The number of carbonyl (C=O) groups excluding carboxylic acids is 2. The van der Waals surface area contributed by atoms with Gasteiger partial charge in [0, 0.05) is 44.4 Å². The van der Waals surface area contributed by atoms with Crippen molar-refractivity contribution >= 4 is 31.3 Å². The number of ether oxygens (including phenoxy) is 2. The van der Waals surface area contributed by atoms with Gasteiger partial charge < -0.3 is 33.7 Å². The maximum absolute atomic E-state index is 16.0. The van der Waals surface area contributed by atoms with Crippen LogP contribution in [-0.2, 0) is 35.4 Å². The van der Waals surface area contributed by atoms with Crippen LogP contribution in [0.2, 0.25) is 18.1 Å². The minimum atomic E-state index is -2.91. The Morgan fingerprint density at radius 3 is 2.05 bits per heavy atom. The van der Waals surface area contributed by atoms with Gasteiger partial charge in [0.1, 0.15) is 30.3 Å². The number of rotatable bonds is 13. The number of fused-ring (bicyclic) bond motifs is 4. The molecule has 61 heavy (non-hydrogen) atoms. The van der Waals surface area contributed by atoms with Crippen LogP contribution >= 0.6 is 0 Å². The van der Waals surface area contributed by atoms with E-state index in [2.05, 4.69) is 70.0 Å². The third kappa shape index (κ3) is 8.20. The monoisotopic (exact) mass is 848 g/mol. The van der Waals surface area contributed by atoms with E-state index >= 15 is 9.59 Å². The van der Waals surface area contributed by atoms with Gasteiger partial charge in [0.2, 0.25) is 11.6 Å². The topological polar surface area (TPSA) is 127 Å². The smallest absolute Gasteiger partial charge is 0.265 e. The number of hydrogen-bond donors (Lipinski definition) is 2. The number of nitrogens with zero attached hydrogens (tertiary/aromatic N) is 3. The molecule has 4 atom stereocenters. The van der Waals surface area contributed by atoms with Gasteiger partial charge >= 0.3 is 0 Å². The second kappa shape index (κ2) is 16.5. The van der Waals surface area contributed by atoms with E-state index in [-0.39, 0.29) is 46.4 Å². The summed E-state index contributed by atoms with van der Waals surface area (Å²) in [6.07, 6.45) is 0.812. The van der Waals surface area contributed by atoms with E-state index in [4.69, 9.17) is 18.4 Å². The quantitative estimate of drug-likeness (QED) is 0.0988. The molecule has 1 heterocycles. The molecule has 0 spiro atoms. The van der Waals surface area contributed by atoms with Crippen LogP contribution < -0.4 is 19.7 Å². The third-order valence-electron chi connectivity index (χ3n) is 13.0. The molecule has 12 heteroatoms. The van der Waals surface area contributed by atoms with Gasteiger partial charge in [-0.3, -0.25) is 14.5 Å². The molecule has 326 valence electrons. The van der Waals surface area contributed by atoms with Crippen molar-refractivity contribution in [3.05, 3.63) is 111 Å². The lowest BCUT2D eigenvalue weighted by Crippen LogP contribution is -2.68. The number of aliphatic hydroxyl groups is 1. The molecule has 0 saturated heterocycles. The Balaban J connectivity index is 1.43. The second-order valence-corrected chi connectivity index (χ2v) is 25.0. The normalized spacial score (nSPS) is 21.5. The van der Waals surface area contributed by atoms with Crippen LogP contribution in [0.4, 0.5) is 5.69 Å². The summed E-state index contributed by atoms with van der Waals surface area (Å²) >= 11 is 0. The van der Waals surface area contributed by atoms with E-state index in [9.17, 15) is 5.11 Å². The summed E-state index contributed by atoms with van der Waals surface area (Å²) in [6.45, 7) is 18.8. The minimum absolute atomic E-state index is 0.0225. The van der Waals surface area contributed by atoms with Crippen molar-refractivity contribution in [2.45, 2.75) is 104 Å². The Morgan fingerprint density at radius 1 is 0.885 bits per heavy atom. The maximum Gasteiger partial charge on any atom is 0.265 e. The fourth-order valence-electron chi connectivity index (χ4n) is 9.17. The van der Waals surface area contributed by atoms with Crippen LogP contribution in [0.15, 0.2) is 76.8 Å². The lowest BCUT2D eigenvalue weighted by atomic mass is 9.57. The molecule has 1 aromatic heterocycles. The van der Waals surface area contributed by atoms with E-state index in [0.717, 1.165) is 34.5 Å². The highest BCUT2D eigenvalue weighted by Gasteiger charge is 2.69. The van der Waals surface area contributed by atoms with Crippen molar-refractivity contribution in [2.75, 3.05) is 39.6 Å². The predicted octanol–water partition coefficient (Wildman–Crippen LogP) is 9.32. The van der Waals surface area contributed by atoms with Crippen LogP contribution in [0.25, 0.3) is 5.76 Å². The zero-order valence-corrected chi connectivity index (χ0v) is 39.1. The largest absolute Gasteiger partial charge is 0.507 e. The summed E-state index contributed by atoms with van der Waals surface area (Å²) in [5.41, 5.74) is 3.62. The second-order valence-electron chi connectivity index (χ2n) is 20.2. The van der Waals surface area contributed by atoms with Gasteiger partial charge in [-0.15, -0.1) is 0 Å². The number of benzene rings is 3. The van der Waals surface area contributed by atoms with E-state index in [0.29, 0.717) is 36.5 Å². The van der Waals surface area contributed by atoms with E-state index in [1.165, 1.54) is 0 Å². The first kappa shape index (κ1) is 44.3. The number of nitrogens with one attached hydrogen (secondary N) is 1. The first-order valence-electron chi connectivity index (χ1n) is 21.5. The van der Waals surface area contributed by atoms with Crippen molar-refractivity contribution in [3.63, 3.8) is 0 Å². The molecule has 0 radical (unpaired) electrons. The van der Waals surface area contributed by atoms with Gasteiger partial charge in [-0.05, 0) is 89.9 Å². The molecule has 3 aliphatic rings. The van der Waals surface area contributed by atoms with E-state index < -0.39 is 43.4 Å². The van der Waals surface area contributed by atoms with Crippen LogP contribution in [0.3, 0.4) is 0 Å². The van der Waals surface area contributed by atoms with Crippen LogP contribution in [0.5, 0.6) is 11.6 Å². The lowest BCUT2D eigenvalue weighted by Gasteiger charge is -2.55. The van der Waals surface area contributed by atoms with Crippen LogP contribution in [0.1, 0.15) is 97.9 Å². The molecule has 11 nitrogen and oxygen atoms in total. The zero-order valence-electron chi connectivity index (χ0n) is 38.1. The number of hydrogen-bond acceptors (Lipinski definition) is 11. The Hall–Kier alpha value is -4.75. The highest BCUT2D eigenvalue weighted by molar-refractivity contribution is 6.74. The number of ketones is 2. The maximum atomic E-state index is 16.0. The molecule has 1 saturated carbocycles. The van der Waals surface area contributed by atoms with Crippen molar-refractivity contribution in [3.8, 4) is 11.6 Å². The van der Waals surface area contributed by atoms with Gasteiger partial charge in [-0.25, -0.2) is 0 Å². The van der Waals surface area contributed by atoms with Gasteiger partial charge in [-0.1, -0.05) is 102 Å². The molecule has 7 rings (SSSR count). The Bertz CT molecular complexity index is 2310.